The van der Waals surface area contributed by atoms with Crippen LogP contribution in [0.4, 0.5) is 5.69 Å². The number of amides is 1. The van der Waals surface area contributed by atoms with Crippen molar-refractivity contribution in [3.8, 4) is 11.6 Å². The lowest BCUT2D eigenvalue weighted by Gasteiger charge is -2.36. The molecule has 0 unspecified atom stereocenters. The molecular weight excluding hydrogens is 450 g/mol. The largest absolute Gasteiger partial charge is 0.478 e. The van der Waals surface area contributed by atoms with Crippen molar-refractivity contribution in [2.45, 2.75) is 33.6 Å². The monoisotopic (exact) mass is 483 g/mol. The van der Waals surface area contributed by atoms with E-state index in [-0.39, 0.29) is 5.91 Å². The Kier molecular flexibility index (Phi) is 6.89. The molecule has 5 rings (SSSR count). The molecule has 4 aromatic rings. The van der Waals surface area contributed by atoms with Gasteiger partial charge >= 0.3 is 0 Å². The summed E-state index contributed by atoms with van der Waals surface area (Å²) in [6.45, 7) is 9.76. The van der Waals surface area contributed by atoms with E-state index < -0.39 is 0 Å². The molecule has 186 valence electrons. The van der Waals surface area contributed by atoms with Crippen molar-refractivity contribution >= 4 is 22.6 Å². The molecule has 3 heterocycles. The second-order valence-electron chi connectivity index (χ2n) is 9.19. The lowest BCUT2D eigenvalue weighted by atomic mass is 10.0. The standard InChI is InChI=1S/C29H33N5O2/c1-4-36-29-25(15-16-26(35)33-19-17-32(18-20-33)23-11-7-5-8-12-23)21(2)27-22(3)31-34(28(27)30-29)24-13-9-6-10-14-24/h5-14H,4,15-20H2,1-3H3. The topological polar surface area (TPSA) is 63.5 Å². The SMILES string of the molecule is CCOc1nc2c(c(C)nn2-c2ccccc2)c(C)c1CCC(=O)N1CCN(c2ccccc2)CC1. The maximum absolute atomic E-state index is 13.1. The number of rotatable bonds is 7. The molecular formula is C29H33N5O2. The molecule has 0 bridgehead atoms. The second kappa shape index (κ2) is 10.4. The summed E-state index contributed by atoms with van der Waals surface area (Å²) in [6, 6.07) is 20.4. The van der Waals surface area contributed by atoms with Crippen LogP contribution in [0.5, 0.6) is 5.88 Å². The number of piperazine rings is 1. The van der Waals surface area contributed by atoms with Gasteiger partial charge in [-0.05, 0) is 57.0 Å². The van der Waals surface area contributed by atoms with Gasteiger partial charge in [0.25, 0.3) is 0 Å². The van der Waals surface area contributed by atoms with Gasteiger partial charge < -0.3 is 14.5 Å². The number of pyridine rings is 1. The number of fused-ring (bicyclic) bond motifs is 1. The summed E-state index contributed by atoms with van der Waals surface area (Å²) in [7, 11) is 0. The van der Waals surface area contributed by atoms with Crippen LogP contribution in [0, 0.1) is 13.8 Å². The average molecular weight is 484 g/mol. The van der Waals surface area contributed by atoms with Crippen LogP contribution in [0.15, 0.2) is 60.7 Å². The first-order valence-electron chi connectivity index (χ1n) is 12.7. The average Bonchev–Trinajstić information content (AvgIpc) is 3.25. The molecule has 7 heteroatoms. The smallest absolute Gasteiger partial charge is 0.223 e. The molecule has 0 N–H and O–H groups in total. The van der Waals surface area contributed by atoms with Crippen LogP contribution in [0.1, 0.15) is 30.2 Å². The summed E-state index contributed by atoms with van der Waals surface area (Å²) in [5.41, 5.74) is 5.97. The highest BCUT2D eigenvalue weighted by Crippen LogP contribution is 2.32. The minimum atomic E-state index is 0.182. The highest BCUT2D eigenvalue weighted by molar-refractivity contribution is 5.86. The number of hydrogen-bond donors (Lipinski definition) is 0. The Morgan fingerprint density at radius 2 is 1.56 bits per heavy atom. The summed E-state index contributed by atoms with van der Waals surface area (Å²) in [6.07, 6.45) is 1.03. The molecule has 2 aromatic carbocycles. The highest BCUT2D eigenvalue weighted by atomic mass is 16.5. The molecule has 0 spiro atoms. The lowest BCUT2D eigenvalue weighted by molar-refractivity contribution is -0.131. The summed E-state index contributed by atoms with van der Waals surface area (Å²) in [5.74, 6) is 0.780. The zero-order valence-corrected chi connectivity index (χ0v) is 21.3. The Balaban J connectivity index is 1.34. The zero-order valence-electron chi connectivity index (χ0n) is 21.3. The van der Waals surface area contributed by atoms with Crippen LogP contribution in [0.2, 0.25) is 0 Å². The number of carbonyl (C=O) groups is 1. The van der Waals surface area contributed by atoms with Crippen LogP contribution in [0.25, 0.3) is 16.7 Å². The summed E-state index contributed by atoms with van der Waals surface area (Å²) in [4.78, 5) is 22.4. The third-order valence-electron chi connectivity index (χ3n) is 6.95. The minimum absolute atomic E-state index is 0.182. The fourth-order valence-corrected chi connectivity index (χ4v) is 5.08. The van der Waals surface area contributed by atoms with Crippen molar-refractivity contribution in [2.75, 3.05) is 37.7 Å². The first-order chi connectivity index (χ1) is 17.6. The van der Waals surface area contributed by atoms with Crippen LogP contribution >= 0.6 is 0 Å². The number of hydrogen-bond acceptors (Lipinski definition) is 5. The van der Waals surface area contributed by atoms with E-state index >= 15 is 0 Å². The zero-order chi connectivity index (χ0) is 25.1. The predicted molar refractivity (Wildman–Crippen MR) is 143 cm³/mol. The van der Waals surface area contributed by atoms with Crippen molar-refractivity contribution < 1.29 is 9.53 Å². The van der Waals surface area contributed by atoms with Crippen LogP contribution < -0.4 is 9.64 Å². The quantitative estimate of drug-likeness (QED) is 0.381. The van der Waals surface area contributed by atoms with Crippen LogP contribution in [-0.4, -0.2) is 58.4 Å². The van der Waals surface area contributed by atoms with Crippen LogP contribution in [-0.2, 0) is 11.2 Å². The van der Waals surface area contributed by atoms with Crippen molar-refractivity contribution in [1.82, 2.24) is 19.7 Å². The molecule has 1 aliphatic heterocycles. The van der Waals surface area contributed by atoms with Gasteiger partial charge in [-0.15, -0.1) is 0 Å². The molecule has 7 nitrogen and oxygen atoms in total. The van der Waals surface area contributed by atoms with Gasteiger partial charge in [0.05, 0.1) is 18.0 Å². The molecule has 1 amide bonds. The van der Waals surface area contributed by atoms with Crippen LogP contribution in [0.3, 0.4) is 0 Å². The second-order valence-corrected chi connectivity index (χ2v) is 9.19. The highest BCUT2D eigenvalue weighted by Gasteiger charge is 2.24. The predicted octanol–water partition coefficient (Wildman–Crippen LogP) is 4.72. The summed E-state index contributed by atoms with van der Waals surface area (Å²) >= 11 is 0. The number of ether oxygens (including phenoxy) is 1. The van der Waals surface area contributed by atoms with E-state index in [0.717, 1.165) is 59.7 Å². The van der Waals surface area contributed by atoms with Crippen molar-refractivity contribution in [1.29, 1.82) is 0 Å². The van der Waals surface area contributed by atoms with E-state index in [0.29, 0.717) is 25.3 Å². The minimum Gasteiger partial charge on any atom is -0.478 e. The van der Waals surface area contributed by atoms with Gasteiger partial charge in [0, 0.05) is 49.2 Å². The number of carbonyl (C=O) groups excluding carboxylic acids is 1. The molecule has 1 saturated heterocycles. The lowest BCUT2D eigenvalue weighted by Crippen LogP contribution is -2.48. The molecule has 0 atom stereocenters. The Morgan fingerprint density at radius 1 is 0.917 bits per heavy atom. The Morgan fingerprint density at radius 3 is 2.19 bits per heavy atom. The van der Waals surface area contributed by atoms with E-state index in [4.69, 9.17) is 14.8 Å². The van der Waals surface area contributed by atoms with Gasteiger partial charge in [-0.2, -0.15) is 10.1 Å². The number of benzene rings is 2. The third kappa shape index (κ3) is 4.65. The molecule has 0 aliphatic carbocycles. The molecule has 1 fully saturated rings. The van der Waals surface area contributed by atoms with E-state index in [2.05, 4.69) is 36.1 Å². The molecule has 1 aliphatic rings. The van der Waals surface area contributed by atoms with E-state index in [1.165, 1.54) is 5.69 Å². The number of anilines is 1. The molecule has 0 saturated carbocycles. The van der Waals surface area contributed by atoms with Gasteiger partial charge in [-0.1, -0.05) is 36.4 Å². The molecule has 0 radical (unpaired) electrons. The van der Waals surface area contributed by atoms with Gasteiger partial charge in [-0.25, -0.2) is 4.68 Å². The Hall–Kier alpha value is -3.87. The van der Waals surface area contributed by atoms with E-state index in [1.807, 2.05) is 59.8 Å². The molecule has 2 aromatic heterocycles. The number of aromatic nitrogens is 3. The Labute approximate surface area is 212 Å². The van der Waals surface area contributed by atoms with E-state index in [9.17, 15) is 4.79 Å². The summed E-state index contributed by atoms with van der Waals surface area (Å²) in [5, 5.41) is 5.81. The van der Waals surface area contributed by atoms with Crippen molar-refractivity contribution in [3.05, 3.63) is 77.5 Å². The third-order valence-corrected chi connectivity index (χ3v) is 6.95. The number of para-hydroxylation sites is 2. The van der Waals surface area contributed by atoms with E-state index in [1.54, 1.807) is 0 Å². The number of aryl methyl sites for hydroxylation is 2. The van der Waals surface area contributed by atoms with Gasteiger partial charge in [-0.3, -0.25) is 4.79 Å². The fourth-order valence-electron chi connectivity index (χ4n) is 5.08. The first-order valence-corrected chi connectivity index (χ1v) is 12.7. The maximum Gasteiger partial charge on any atom is 0.223 e. The van der Waals surface area contributed by atoms with Gasteiger partial charge in [0.1, 0.15) is 0 Å². The number of nitrogens with zero attached hydrogens (tertiary/aromatic N) is 5. The maximum atomic E-state index is 13.1. The van der Waals surface area contributed by atoms with Crippen molar-refractivity contribution in [2.24, 2.45) is 0 Å². The molecule has 36 heavy (non-hydrogen) atoms. The van der Waals surface area contributed by atoms with Gasteiger partial charge in [0.15, 0.2) is 5.65 Å². The van der Waals surface area contributed by atoms with Gasteiger partial charge in [0.2, 0.25) is 11.8 Å². The normalized spacial score (nSPS) is 13.9. The summed E-state index contributed by atoms with van der Waals surface area (Å²) < 4.78 is 7.86. The Bertz CT molecular complexity index is 1340. The van der Waals surface area contributed by atoms with Crippen molar-refractivity contribution in [3.63, 3.8) is 0 Å². The first kappa shape index (κ1) is 23.9. The fraction of sp³-hybridized carbons (Fsp3) is 0.345.